The summed E-state index contributed by atoms with van der Waals surface area (Å²) in [6.45, 7) is 5.43. The first-order chi connectivity index (χ1) is 10.5. The molecule has 110 valence electrons. The van der Waals surface area contributed by atoms with Crippen molar-refractivity contribution in [1.82, 2.24) is 4.98 Å². The molecule has 2 nitrogen and oxygen atoms in total. The molecule has 1 aromatic heterocycles. The molecule has 0 saturated heterocycles. The second-order valence-corrected chi connectivity index (χ2v) is 5.51. The van der Waals surface area contributed by atoms with Crippen LogP contribution in [0.5, 0.6) is 0 Å². The predicted molar refractivity (Wildman–Crippen MR) is 86.6 cm³/mol. The molecule has 0 bridgehead atoms. The van der Waals surface area contributed by atoms with Crippen molar-refractivity contribution in [2.75, 3.05) is 0 Å². The third-order valence-electron chi connectivity index (χ3n) is 3.90. The second kappa shape index (κ2) is 5.34. The first-order valence-corrected chi connectivity index (χ1v) is 7.15. The molecule has 0 fully saturated rings. The SMILES string of the molecule is CC(=O)c1cc(C)nc2ccc(-c3ccc(F)cc3)c(C)c12. The van der Waals surface area contributed by atoms with Gasteiger partial charge in [-0.15, -0.1) is 0 Å². The van der Waals surface area contributed by atoms with E-state index in [1.54, 1.807) is 19.1 Å². The molecule has 0 N–H and O–H groups in total. The lowest BCUT2D eigenvalue weighted by atomic mass is 9.93. The second-order valence-electron chi connectivity index (χ2n) is 5.51. The molecule has 1 heterocycles. The average molecular weight is 293 g/mol. The van der Waals surface area contributed by atoms with E-state index in [-0.39, 0.29) is 11.6 Å². The summed E-state index contributed by atoms with van der Waals surface area (Å²) in [6, 6.07) is 12.1. The van der Waals surface area contributed by atoms with Crippen molar-refractivity contribution in [3.8, 4) is 11.1 Å². The molecular formula is C19H16FNO. The van der Waals surface area contributed by atoms with Gasteiger partial charge in [-0.25, -0.2) is 4.39 Å². The molecule has 0 atom stereocenters. The molecule has 2 aromatic carbocycles. The number of aromatic nitrogens is 1. The standard InChI is InChI=1S/C19H16FNO/c1-11-10-17(13(3)22)19-12(2)16(8-9-18(19)21-11)14-4-6-15(20)7-5-14/h4-10H,1-3H3. The molecule has 0 saturated carbocycles. The monoisotopic (exact) mass is 293 g/mol. The Morgan fingerprint density at radius 3 is 2.36 bits per heavy atom. The number of ketones is 1. The quantitative estimate of drug-likeness (QED) is 0.631. The summed E-state index contributed by atoms with van der Waals surface area (Å²) in [5.41, 5.74) is 5.22. The Labute approximate surface area is 128 Å². The predicted octanol–water partition coefficient (Wildman–Crippen LogP) is 4.86. The van der Waals surface area contributed by atoms with Crippen LogP contribution in [0.15, 0.2) is 42.5 Å². The number of fused-ring (bicyclic) bond motifs is 1. The maximum absolute atomic E-state index is 13.1. The highest BCUT2D eigenvalue weighted by molar-refractivity contribution is 6.08. The van der Waals surface area contributed by atoms with E-state index in [2.05, 4.69) is 4.98 Å². The Morgan fingerprint density at radius 1 is 1.05 bits per heavy atom. The number of carbonyl (C=O) groups excluding carboxylic acids is 1. The third-order valence-corrected chi connectivity index (χ3v) is 3.90. The van der Waals surface area contributed by atoms with Crippen molar-refractivity contribution < 1.29 is 9.18 Å². The summed E-state index contributed by atoms with van der Waals surface area (Å²) < 4.78 is 13.1. The lowest BCUT2D eigenvalue weighted by Crippen LogP contribution is -2.00. The van der Waals surface area contributed by atoms with Crippen molar-refractivity contribution in [2.24, 2.45) is 0 Å². The highest BCUT2D eigenvalue weighted by atomic mass is 19.1. The van der Waals surface area contributed by atoms with Crippen molar-refractivity contribution >= 4 is 16.7 Å². The molecule has 22 heavy (non-hydrogen) atoms. The van der Waals surface area contributed by atoms with Crippen LogP contribution >= 0.6 is 0 Å². The number of aryl methyl sites for hydroxylation is 2. The lowest BCUT2D eigenvalue weighted by molar-refractivity contribution is 0.101. The molecule has 0 aliphatic carbocycles. The van der Waals surface area contributed by atoms with Crippen LogP contribution < -0.4 is 0 Å². The number of rotatable bonds is 2. The van der Waals surface area contributed by atoms with Gasteiger partial charge in [0.05, 0.1) is 5.52 Å². The highest BCUT2D eigenvalue weighted by Gasteiger charge is 2.14. The van der Waals surface area contributed by atoms with Crippen LogP contribution in [0, 0.1) is 19.7 Å². The van der Waals surface area contributed by atoms with Gasteiger partial charge in [-0.1, -0.05) is 18.2 Å². The maximum Gasteiger partial charge on any atom is 0.160 e. The van der Waals surface area contributed by atoms with Crippen molar-refractivity contribution in [1.29, 1.82) is 0 Å². The van der Waals surface area contributed by atoms with Gasteiger partial charge in [0.2, 0.25) is 0 Å². The summed E-state index contributed by atoms with van der Waals surface area (Å²) in [4.78, 5) is 16.5. The van der Waals surface area contributed by atoms with Crippen LogP contribution in [0.1, 0.15) is 28.5 Å². The smallest absolute Gasteiger partial charge is 0.160 e. The minimum absolute atomic E-state index is 0.0230. The van der Waals surface area contributed by atoms with E-state index >= 15 is 0 Å². The molecule has 0 unspecified atom stereocenters. The average Bonchev–Trinajstić information content (AvgIpc) is 2.48. The number of Topliss-reactive ketones (excluding diaryl/α,β-unsaturated/α-hetero) is 1. The summed E-state index contributed by atoms with van der Waals surface area (Å²) in [5.74, 6) is -0.237. The molecular weight excluding hydrogens is 277 g/mol. The van der Waals surface area contributed by atoms with Crippen LogP contribution in [0.2, 0.25) is 0 Å². The highest BCUT2D eigenvalue weighted by Crippen LogP contribution is 2.31. The zero-order valence-corrected chi connectivity index (χ0v) is 12.8. The summed E-state index contributed by atoms with van der Waals surface area (Å²) in [5, 5.41) is 0.875. The summed E-state index contributed by atoms with van der Waals surface area (Å²) in [6.07, 6.45) is 0. The van der Waals surface area contributed by atoms with E-state index in [9.17, 15) is 9.18 Å². The minimum atomic E-state index is -0.260. The lowest BCUT2D eigenvalue weighted by Gasteiger charge is -2.13. The molecule has 3 heteroatoms. The van der Waals surface area contributed by atoms with Crippen LogP contribution in [0.25, 0.3) is 22.0 Å². The van der Waals surface area contributed by atoms with Gasteiger partial charge >= 0.3 is 0 Å². The molecule has 0 radical (unpaired) electrons. The molecule has 0 amide bonds. The van der Waals surface area contributed by atoms with Crippen LogP contribution in [0.4, 0.5) is 4.39 Å². The zero-order valence-electron chi connectivity index (χ0n) is 12.8. The fourth-order valence-electron chi connectivity index (χ4n) is 2.85. The Bertz CT molecular complexity index is 882. The van der Waals surface area contributed by atoms with Crippen LogP contribution in [-0.4, -0.2) is 10.8 Å². The van der Waals surface area contributed by atoms with Gasteiger partial charge in [-0.2, -0.15) is 0 Å². The molecule has 0 aliphatic heterocycles. The van der Waals surface area contributed by atoms with Crippen molar-refractivity contribution in [3.63, 3.8) is 0 Å². The van der Waals surface area contributed by atoms with E-state index < -0.39 is 0 Å². The third kappa shape index (κ3) is 2.39. The van der Waals surface area contributed by atoms with Gasteiger partial charge in [-0.05, 0) is 61.7 Å². The normalized spacial score (nSPS) is 10.9. The molecule has 0 spiro atoms. The van der Waals surface area contributed by atoms with Gasteiger partial charge in [-0.3, -0.25) is 9.78 Å². The number of carbonyl (C=O) groups is 1. The number of halogens is 1. The Hall–Kier alpha value is -2.55. The first kappa shape index (κ1) is 14.4. The van der Waals surface area contributed by atoms with Crippen molar-refractivity contribution in [3.05, 3.63) is 65.1 Å². The van der Waals surface area contributed by atoms with Gasteiger partial charge < -0.3 is 0 Å². The fourth-order valence-corrected chi connectivity index (χ4v) is 2.85. The number of nitrogens with zero attached hydrogens (tertiary/aromatic N) is 1. The molecule has 3 aromatic rings. The first-order valence-electron chi connectivity index (χ1n) is 7.15. The Kier molecular flexibility index (Phi) is 3.49. The van der Waals surface area contributed by atoms with Gasteiger partial charge in [0.1, 0.15) is 5.82 Å². The number of hydrogen-bond donors (Lipinski definition) is 0. The fraction of sp³-hybridized carbons (Fsp3) is 0.158. The minimum Gasteiger partial charge on any atom is -0.294 e. The molecule has 3 rings (SSSR count). The van der Waals surface area contributed by atoms with Crippen LogP contribution in [0.3, 0.4) is 0 Å². The zero-order chi connectivity index (χ0) is 15.9. The number of benzene rings is 2. The largest absolute Gasteiger partial charge is 0.294 e. The van der Waals surface area contributed by atoms with E-state index in [1.807, 2.05) is 32.0 Å². The maximum atomic E-state index is 13.1. The van der Waals surface area contributed by atoms with Crippen LogP contribution in [-0.2, 0) is 0 Å². The van der Waals surface area contributed by atoms with E-state index in [0.29, 0.717) is 5.56 Å². The molecule has 0 aliphatic rings. The summed E-state index contributed by atoms with van der Waals surface area (Å²) >= 11 is 0. The van der Waals surface area contributed by atoms with Gasteiger partial charge in [0.25, 0.3) is 0 Å². The van der Waals surface area contributed by atoms with E-state index in [1.165, 1.54) is 12.1 Å². The summed E-state index contributed by atoms with van der Waals surface area (Å²) in [7, 11) is 0. The Balaban J connectivity index is 2.33. The van der Waals surface area contributed by atoms with E-state index in [0.717, 1.165) is 33.3 Å². The van der Waals surface area contributed by atoms with Gasteiger partial charge in [0.15, 0.2) is 5.78 Å². The number of pyridine rings is 1. The van der Waals surface area contributed by atoms with Gasteiger partial charge in [0, 0.05) is 16.6 Å². The van der Waals surface area contributed by atoms with Crippen molar-refractivity contribution in [2.45, 2.75) is 20.8 Å². The van der Waals surface area contributed by atoms with E-state index in [4.69, 9.17) is 0 Å². The Morgan fingerprint density at radius 2 is 1.73 bits per heavy atom. The number of hydrogen-bond acceptors (Lipinski definition) is 2. The topological polar surface area (TPSA) is 30.0 Å².